The van der Waals surface area contributed by atoms with Crippen molar-refractivity contribution in [1.29, 1.82) is 0 Å². The van der Waals surface area contributed by atoms with E-state index in [0.29, 0.717) is 11.1 Å². The second-order valence-electron chi connectivity index (χ2n) is 5.50. The molecule has 3 aromatic rings. The zero-order chi connectivity index (χ0) is 17.1. The second kappa shape index (κ2) is 6.57. The van der Waals surface area contributed by atoms with Crippen molar-refractivity contribution in [3.63, 3.8) is 0 Å². The number of pyridine rings is 1. The number of amides is 2. The Morgan fingerprint density at radius 3 is 3.00 bits per heavy atom. The van der Waals surface area contributed by atoms with Gasteiger partial charge in [0.1, 0.15) is 5.82 Å². The maximum Gasteiger partial charge on any atom is 0.319 e. The minimum absolute atomic E-state index is 0.150. The van der Waals surface area contributed by atoms with Gasteiger partial charge < -0.3 is 20.2 Å². The summed E-state index contributed by atoms with van der Waals surface area (Å²) in [5.74, 6) is 0.803. The molecule has 0 spiro atoms. The first-order valence-electron chi connectivity index (χ1n) is 7.78. The maximum atomic E-state index is 12.2. The van der Waals surface area contributed by atoms with Crippen molar-refractivity contribution in [3.8, 4) is 0 Å². The summed E-state index contributed by atoms with van der Waals surface area (Å²) in [7, 11) is 0. The van der Waals surface area contributed by atoms with E-state index in [1.807, 2.05) is 24.6 Å². The summed E-state index contributed by atoms with van der Waals surface area (Å²) in [6, 6.07) is 6.41. The quantitative estimate of drug-likeness (QED) is 0.688. The predicted molar refractivity (Wildman–Crippen MR) is 93.0 cm³/mol. The molecule has 0 aliphatic rings. The molecular formula is C17H19N5O2. The Labute approximate surface area is 138 Å². The van der Waals surface area contributed by atoms with Crippen LogP contribution in [0.2, 0.25) is 0 Å². The van der Waals surface area contributed by atoms with E-state index >= 15 is 0 Å². The third-order valence-electron chi connectivity index (χ3n) is 3.85. The summed E-state index contributed by atoms with van der Waals surface area (Å²) in [6.07, 6.45) is 5.18. The van der Waals surface area contributed by atoms with Gasteiger partial charge in [-0.2, -0.15) is 0 Å². The lowest BCUT2D eigenvalue weighted by Gasteiger charge is -2.15. The normalized spacial score (nSPS) is 12.1. The van der Waals surface area contributed by atoms with Gasteiger partial charge in [-0.15, -0.1) is 0 Å². The van der Waals surface area contributed by atoms with E-state index in [1.54, 1.807) is 36.7 Å². The van der Waals surface area contributed by atoms with E-state index in [4.69, 9.17) is 0 Å². The number of benzene rings is 1. The zero-order valence-corrected chi connectivity index (χ0v) is 13.5. The number of carbonyl (C=O) groups is 1. The highest BCUT2D eigenvalue weighted by molar-refractivity contribution is 5.93. The minimum atomic E-state index is -0.322. The van der Waals surface area contributed by atoms with E-state index in [2.05, 4.69) is 20.6 Å². The predicted octanol–water partition coefficient (Wildman–Crippen LogP) is 2.63. The standard InChI is InChI=1S/C17H19N5O2/c1-3-22-9-8-18-15(22)11(2)20-17(24)21-13-4-5-14-12(10-13)6-7-19-16(14)23/h4-11H,3H2,1-2H3,(H,19,23)(H2,20,21,24). The van der Waals surface area contributed by atoms with Gasteiger partial charge in [0.25, 0.3) is 5.56 Å². The average molecular weight is 325 g/mol. The number of aromatic amines is 1. The van der Waals surface area contributed by atoms with Crippen LogP contribution in [0.25, 0.3) is 10.8 Å². The summed E-state index contributed by atoms with van der Waals surface area (Å²) in [5, 5.41) is 7.00. The number of imidazole rings is 1. The highest BCUT2D eigenvalue weighted by atomic mass is 16.2. The summed E-state index contributed by atoms with van der Waals surface area (Å²) in [5.41, 5.74) is 0.472. The molecule has 3 rings (SSSR count). The fourth-order valence-electron chi connectivity index (χ4n) is 2.67. The Bertz CT molecular complexity index is 928. The molecule has 7 nitrogen and oxygen atoms in total. The van der Waals surface area contributed by atoms with E-state index in [-0.39, 0.29) is 17.6 Å². The van der Waals surface area contributed by atoms with Crippen molar-refractivity contribution in [2.45, 2.75) is 26.4 Å². The largest absolute Gasteiger partial charge is 0.333 e. The number of hydrogen-bond donors (Lipinski definition) is 3. The number of nitrogens with zero attached hydrogens (tertiary/aromatic N) is 2. The molecule has 1 aromatic carbocycles. The van der Waals surface area contributed by atoms with Crippen LogP contribution in [0.5, 0.6) is 0 Å². The number of H-pyrrole nitrogens is 1. The first kappa shape index (κ1) is 15.8. The molecule has 2 aromatic heterocycles. The maximum absolute atomic E-state index is 12.2. The van der Waals surface area contributed by atoms with Gasteiger partial charge in [-0.1, -0.05) is 0 Å². The van der Waals surface area contributed by atoms with Crippen molar-refractivity contribution in [2.75, 3.05) is 5.32 Å². The molecule has 0 aliphatic carbocycles. The average Bonchev–Trinajstić information content (AvgIpc) is 3.03. The molecule has 7 heteroatoms. The van der Waals surface area contributed by atoms with Crippen molar-refractivity contribution >= 4 is 22.5 Å². The van der Waals surface area contributed by atoms with Gasteiger partial charge in [-0.25, -0.2) is 9.78 Å². The Hall–Kier alpha value is -3.09. The SMILES string of the molecule is CCn1ccnc1C(C)NC(=O)Nc1ccc2c(=O)[nH]ccc2c1. The highest BCUT2D eigenvalue weighted by Gasteiger charge is 2.14. The van der Waals surface area contributed by atoms with Crippen LogP contribution in [0.1, 0.15) is 25.7 Å². The van der Waals surface area contributed by atoms with Crippen LogP contribution in [-0.4, -0.2) is 20.6 Å². The zero-order valence-electron chi connectivity index (χ0n) is 13.5. The number of aromatic nitrogens is 3. The van der Waals surface area contributed by atoms with Crippen molar-refractivity contribution in [3.05, 3.63) is 59.0 Å². The van der Waals surface area contributed by atoms with E-state index < -0.39 is 0 Å². The van der Waals surface area contributed by atoms with Crippen molar-refractivity contribution in [1.82, 2.24) is 19.9 Å². The lowest BCUT2D eigenvalue weighted by atomic mass is 10.1. The molecule has 124 valence electrons. The van der Waals surface area contributed by atoms with Crippen molar-refractivity contribution in [2.24, 2.45) is 0 Å². The summed E-state index contributed by atoms with van der Waals surface area (Å²) in [4.78, 5) is 30.8. The molecule has 0 bridgehead atoms. The number of anilines is 1. The summed E-state index contributed by atoms with van der Waals surface area (Å²) < 4.78 is 1.98. The fraction of sp³-hybridized carbons (Fsp3) is 0.235. The summed E-state index contributed by atoms with van der Waals surface area (Å²) in [6.45, 7) is 4.70. The van der Waals surface area contributed by atoms with Gasteiger partial charge in [0, 0.05) is 36.2 Å². The van der Waals surface area contributed by atoms with E-state index in [0.717, 1.165) is 17.8 Å². The van der Waals surface area contributed by atoms with Crippen LogP contribution in [0.15, 0.2) is 47.7 Å². The number of rotatable bonds is 4. The van der Waals surface area contributed by atoms with Gasteiger partial charge in [-0.05, 0) is 43.5 Å². The number of aryl methyl sites for hydroxylation is 1. The van der Waals surface area contributed by atoms with Crippen LogP contribution in [0.3, 0.4) is 0 Å². The third kappa shape index (κ3) is 3.15. The molecule has 1 atom stereocenters. The second-order valence-corrected chi connectivity index (χ2v) is 5.50. The molecular weight excluding hydrogens is 306 g/mol. The van der Waals surface area contributed by atoms with Gasteiger partial charge in [0.05, 0.1) is 6.04 Å². The highest BCUT2D eigenvalue weighted by Crippen LogP contribution is 2.16. The fourth-order valence-corrected chi connectivity index (χ4v) is 2.67. The van der Waals surface area contributed by atoms with Crippen LogP contribution >= 0.6 is 0 Å². The number of urea groups is 1. The van der Waals surface area contributed by atoms with Crippen molar-refractivity contribution < 1.29 is 4.79 Å². The molecule has 3 N–H and O–H groups in total. The van der Waals surface area contributed by atoms with Gasteiger partial charge in [0.15, 0.2) is 0 Å². The first-order chi connectivity index (χ1) is 11.6. The number of hydrogen-bond acceptors (Lipinski definition) is 3. The molecule has 0 fully saturated rings. The molecule has 2 amide bonds. The third-order valence-corrected chi connectivity index (χ3v) is 3.85. The van der Waals surface area contributed by atoms with E-state index in [1.165, 1.54) is 0 Å². The first-order valence-corrected chi connectivity index (χ1v) is 7.78. The molecule has 0 aliphatic heterocycles. The van der Waals surface area contributed by atoms with Gasteiger partial charge >= 0.3 is 6.03 Å². The summed E-state index contributed by atoms with van der Waals surface area (Å²) >= 11 is 0. The Morgan fingerprint density at radius 1 is 1.38 bits per heavy atom. The lowest BCUT2D eigenvalue weighted by Crippen LogP contribution is -2.32. The Balaban J connectivity index is 1.72. The molecule has 24 heavy (non-hydrogen) atoms. The van der Waals surface area contributed by atoms with Crippen LogP contribution in [-0.2, 0) is 6.54 Å². The van der Waals surface area contributed by atoms with E-state index in [9.17, 15) is 9.59 Å². The Morgan fingerprint density at radius 2 is 2.21 bits per heavy atom. The van der Waals surface area contributed by atoms with Gasteiger partial charge in [-0.3, -0.25) is 4.79 Å². The lowest BCUT2D eigenvalue weighted by molar-refractivity contribution is 0.248. The molecule has 0 saturated heterocycles. The topological polar surface area (TPSA) is 91.8 Å². The number of carbonyl (C=O) groups excluding carboxylic acids is 1. The molecule has 0 radical (unpaired) electrons. The minimum Gasteiger partial charge on any atom is -0.333 e. The number of fused-ring (bicyclic) bond motifs is 1. The molecule has 1 unspecified atom stereocenters. The Kier molecular flexibility index (Phi) is 4.33. The smallest absolute Gasteiger partial charge is 0.319 e. The van der Waals surface area contributed by atoms with Gasteiger partial charge in [0.2, 0.25) is 0 Å². The van der Waals surface area contributed by atoms with Crippen LogP contribution in [0.4, 0.5) is 10.5 Å². The van der Waals surface area contributed by atoms with Crippen LogP contribution < -0.4 is 16.2 Å². The van der Waals surface area contributed by atoms with Crippen LogP contribution in [0, 0.1) is 0 Å². The number of nitrogens with one attached hydrogen (secondary N) is 3. The molecule has 0 saturated carbocycles. The molecule has 2 heterocycles. The monoisotopic (exact) mass is 325 g/mol.